The molecule has 4 heterocycles. The van der Waals surface area contributed by atoms with Gasteiger partial charge in [0.05, 0.1) is 36.6 Å². The van der Waals surface area contributed by atoms with Crippen molar-refractivity contribution in [3.63, 3.8) is 0 Å². The van der Waals surface area contributed by atoms with Gasteiger partial charge in [0.1, 0.15) is 12.2 Å². The molecule has 0 spiro atoms. The van der Waals surface area contributed by atoms with E-state index in [9.17, 15) is 29.7 Å². The van der Waals surface area contributed by atoms with Crippen molar-refractivity contribution in [1.82, 2.24) is 0 Å². The lowest BCUT2D eigenvalue weighted by molar-refractivity contribution is -0.200. The van der Waals surface area contributed by atoms with Crippen molar-refractivity contribution in [2.24, 2.45) is 11.8 Å². The minimum atomic E-state index is -2.56. The Morgan fingerprint density at radius 1 is 0.867 bits per heavy atom. The van der Waals surface area contributed by atoms with E-state index >= 15 is 0 Å². The van der Waals surface area contributed by atoms with Gasteiger partial charge in [-0.05, 0) is 56.8 Å². The van der Waals surface area contributed by atoms with Crippen LogP contribution in [0.4, 0.5) is 0 Å². The first-order valence-electron chi connectivity index (χ1n) is 16.8. The summed E-state index contributed by atoms with van der Waals surface area (Å²) in [7, 11) is 0. The zero-order valence-electron chi connectivity index (χ0n) is 27.0. The molecule has 3 fully saturated rings. The molecule has 0 aromatic rings. The van der Waals surface area contributed by atoms with Crippen molar-refractivity contribution in [3.05, 3.63) is 24.3 Å². The van der Waals surface area contributed by atoms with Gasteiger partial charge in [0.15, 0.2) is 6.10 Å². The first-order chi connectivity index (χ1) is 21.4. The van der Waals surface area contributed by atoms with Crippen LogP contribution < -0.4 is 0 Å². The van der Waals surface area contributed by atoms with Crippen molar-refractivity contribution >= 4 is 17.9 Å². The van der Waals surface area contributed by atoms with E-state index in [2.05, 4.69) is 19.9 Å². The number of esters is 3. The molecule has 11 nitrogen and oxygen atoms in total. The third-order valence-electron chi connectivity index (χ3n) is 9.40. The molecule has 6 bridgehead atoms. The van der Waals surface area contributed by atoms with Crippen LogP contribution in [-0.2, 0) is 38.1 Å². The average molecular weight is 637 g/mol. The van der Waals surface area contributed by atoms with Crippen molar-refractivity contribution in [1.29, 1.82) is 0 Å². The molecule has 45 heavy (non-hydrogen) atoms. The summed E-state index contributed by atoms with van der Waals surface area (Å²) in [5.41, 5.74) is -2.56. The number of aliphatic hydroxyl groups is 3. The van der Waals surface area contributed by atoms with Crippen LogP contribution in [0.25, 0.3) is 0 Å². The molecule has 3 saturated heterocycles. The third kappa shape index (κ3) is 8.94. The summed E-state index contributed by atoms with van der Waals surface area (Å²) in [6.45, 7) is 7.71. The number of rotatable bonds is 6. The van der Waals surface area contributed by atoms with Crippen molar-refractivity contribution in [2.45, 2.75) is 159 Å². The van der Waals surface area contributed by atoms with Crippen molar-refractivity contribution in [3.8, 4) is 0 Å². The molecule has 254 valence electrons. The third-order valence-corrected chi connectivity index (χ3v) is 9.40. The molecule has 0 aromatic heterocycles. The molecule has 0 unspecified atom stereocenters. The second-order valence-corrected chi connectivity index (χ2v) is 13.4. The number of allylic oxidation sites excluding steroid dienone is 3. The number of fused-ring (bicyclic) bond motifs is 6. The van der Waals surface area contributed by atoms with E-state index in [4.69, 9.17) is 23.7 Å². The van der Waals surface area contributed by atoms with Gasteiger partial charge in [-0.1, -0.05) is 52.0 Å². The Bertz CT molecular complexity index is 1070. The SMILES string of the molecule is CCCC(=O)O[C@H]1C[C@H]2C[C@@H](O)C[C@@H](C[C@@H](C)/C=C/C=C\C[C@@H]3O[C@@H](C[C@@H]3C)[C@@H](O)C[C@@H]3OC(=O)[C@]1(O)[C@@H]3OC(=O)CCC)O2. The van der Waals surface area contributed by atoms with Gasteiger partial charge < -0.3 is 39.0 Å². The number of hydrogen-bond acceptors (Lipinski definition) is 11. The first-order valence-corrected chi connectivity index (χ1v) is 16.8. The van der Waals surface area contributed by atoms with Gasteiger partial charge >= 0.3 is 17.9 Å². The van der Waals surface area contributed by atoms with Crippen LogP contribution in [0.1, 0.15) is 98.3 Å². The number of ether oxygens (including phenoxy) is 5. The highest BCUT2D eigenvalue weighted by Crippen LogP contribution is 2.41. The fourth-order valence-electron chi connectivity index (χ4n) is 7.01. The molecule has 0 radical (unpaired) electrons. The summed E-state index contributed by atoms with van der Waals surface area (Å²) in [6, 6.07) is 0. The van der Waals surface area contributed by atoms with E-state index < -0.39 is 66.2 Å². The molecule has 12 atom stereocenters. The molecule has 4 aliphatic rings. The van der Waals surface area contributed by atoms with Crippen LogP contribution in [0, 0.1) is 11.8 Å². The van der Waals surface area contributed by atoms with Gasteiger partial charge in [-0.2, -0.15) is 0 Å². The molecule has 0 aromatic carbocycles. The molecule has 4 aliphatic heterocycles. The minimum Gasteiger partial charge on any atom is -0.458 e. The summed E-state index contributed by atoms with van der Waals surface area (Å²) in [4.78, 5) is 39.3. The Kier molecular flexibility index (Phi) is 12.6. The molecule has 4 rings (SSSR count). The highest BCUT2D eigenvalue weighted by molar-refractivity contribution is 5.85. The molecule has 0 amide bonds. The van der Waals surface area contributed by atoms with Gasteiger partial charge in [-0.3, -0.25) is 9.59 Å². The van der Waals surface area contributed by atoms with Crippen LogP contribution in [0.5, 0.6) is 0 Å². The Hall–Kier alpha value is -2.31. The van der Waals surface area contributed by atoms with Gasteiger partial charge in [0, 0.05) is 25.7 Å². The van der Waals surface area contributed by atoms with Gasteiger partial charge in [0.2, 0.25) is 5.60 Å². The highest BCUT2D eigenvalue weighted by atomic mass is 16.6. The zero-order chi connectivity index (χ0) is 32.7. The first kappa shape index (κ1) is 35.5. The average Bonchev–Trinajstić information content (AvgIpc) is 3.44. The van der Waals surface area contributed by atoms with E-state index in [0.29, 0.717) is 38.5 Å². The quantitative estimate of drug-likeness (QED) is 0.290. The largest absolute Gasteiger partial charge is 0.458 e. The summed E-state index contributed by atoms with van der Waals surface area (Å²) >= 11 is 0. The highest BCUT2D eigenvalue weighted by Gasteiger charge is 2.65. The summed E-state index contributed by atoms with van der Waals surface area (Å²) < 4.78 is 29.7. The van der Waals surface area contributed by atoms with Crippen molar-refractivity contribution in [2.75, 3.05) is 0 Å². The fourth-order valence-corrected chi connectivity index (χ4v) is 7.01. The normalized spacial score (nSPS) is 42.3. The van der Waals surface area contributed by atoms with Crippen LogP contribution in [0.3, 0.4) is 0 Å². The van der Waals surface area contributed by atoms with Crippen LogP contribution in [-0.4, -0.2) is 93.8 Å². The van der Waals surface area contributed by atoms with E-state index in [1.165, 1.54) is 0 Å². The lowest BCUT2D eigenvalue weighted by atomic mass is 9.83. The Morgan fingerprint density at radius 2 is 1.53 bits per heavy atom. The molecular formula is C34H52O11. The van der Waals surface area contributed by atoms with Crippen LogP contribution in [0.2, 0.25) is 0 Å². The Labute approximate surface area is 266 Å². The topological polar surface area (TPSA) is 158 Å². The number of aliphatic hydroxyl groups excluding tert-OH is 2. The lowest BCUT2D eigenvalue weighted by Gasteiger charge is -2.39. The van der Waals surface area contributed by atoms with Crippen molar-refractivity contribution < 1.29 is 53.4 Å². The van der Waals surface area contributed by atoms with E-state index in [-0.39, 0.29) is 56.1 Å². The molecule has 3 N–H and O–H groups in total. The summed E-state index contributed by atoms with van der Waals surface area (Å²) in [5, 5.41) is 34.2. The maximum Gasteiger partial charge on any atom is 0.346 e. The van der Waals surface area contributed by atoms with E-state index in [1.807, 2.05) is 18.2 Å². The number of carbonyl (C=O) groups is 3. The maximum absolute atomic E-state index is 13.6. The smallest absolute Gasteiger partial charge is 0.346 e. The predicted octanol–water partition coefficient (Wildman–Crippen LogP) is 3.45. The number of hydrogen-bond donors (Lipinski definition) is 3. The Morgan fingerprint density at radius 3 is 2.22 bits per heavy atom. The molecular weight excluding hydrogens is 584 g/mol. The second kappa shape index (κ2) is 16.0. The predicted molar refractivity (Wildman–Crippen MR) is 163 cm³/mol. The van der Waals surface area contributed by atoms with E-state index in [0.717, 1.165) is 0 Å². The van der Waals surface area contributed by atoms with Gasteiger partial charge in [-0.25, -0.2) is 4.79 Å². The van der Waals surface area contributed by atoms with E-state index in [1.54, 1.807) is 13.8 Å². The lowest BCUT2D eigenvalue weighted by Crippen LogP contribution is -2.59. The maximum atomic E-state index is 13.6. The van der Waals surface area contributed by atoms with Crippen LogP contribution in [0.15, 0.2) is 24.3 Å². The molecule has 11 heteroatoms. The molecule has 0 aliphatic carbocycles. The second-order valence-electron chi connectivity index (χ2n) is 13.4. The monoisotopic (exact) mass is 636 g/mol. The Balaban J connectivity index is 1.71. The van der Waals surface area contributed by atoms with Gasteiger partial charge in [-0.15, -0.1) is 0 Å². The summed E-state index contributed by atoms with van der Waals surface area (Å²) in [6.07, 6.45) is 3.60. The molecule has 0 saturated carbocycles. The minimum absolute atomic E-state index is 0.0288. The fraction of sp³-hybridized carbons (Fsp3) is 0.794. The zero-order valence-corrected chi connectivity index (χ0v) is 27.0. The summed E-state index contributed by atoms with van der Waals surface area (Å²) in [5.74, 6) is -2.11. The standard InChI is InChI=1S/C34H52O11/c1-5-10-30(37)44-29-18-24-17-22(35)16-23(41-24)14-20(3)12-8-7-9-13-26-21(4)15-27(42-26)25(36)19-28-32(45-31(38)11-6-2)34(29,40)33(39)43-28/h7-9,12,20-29,32,35-36,40H,5-6,10-11,13-19H2,1-4H3/b9-7-,12-8+/t20-,21-,22-,23+,24+,25-,26-,27-,28-,29-,32+,34+/m0/s1. The van der Waals surface area contributed by atoms with Gasteiger partial charge in [0.25, 0.3) is 0 Å². The number of carbonyl (C=O) groups excluding carboxylic acids is 3. The van der Waals surface area contributed by atoms with Crippen LogP contribution >= 0.6 is 0 Å².